The maximum absolute atomic E-state index is 12.4. The lowest BCUT2D eigenvalue weighted by atomic mass is 10.2. The van der Waals surface area contributed by atoms with Gasteiger partial charge in [-0.3, -0.25) is 9.48 Å². The Balaban J connectivity index is 1.98. The molecule has 0 spiro atoms. The molecule has 0 radical (unpaired) electrons. The largest absolute Gasteiger partial charge is 0.493 e. The van der Waals surface area contributed by atoms with Gasteiger partial charge in [-0.1, -0.05) is 25.1 Å². The van der Waals surface area contributed by atoms with E-state index in [-0.39, 0.29) is 5.78 Å². The second-order valence-electron chi connectivity index (χ2n) is 4.62. The summed E-state index contributed by atoms with van der Waals surface area (Å²) in [5.41, 5.74) is 0.524. The van der Waals surface area contributed by atoms with Gasteiger partial charge in [0, 0.05) is 13.0 Å². The van der Waals surface area contributed by atoms with Crippen LogP contribution in [0.2, 0.25) is 0 Å². The lowest BCUT2D eigenvalue weighted by Crippen LogP contribution is -2.14. The molecule has 0 atom stereocenters. The van der Waals surface area contributed by atoms with Gasteiger partial charge in [0.2, 0.25) is 0 Å². The molecule has 0 fully saturated rings. The van der Waals surface area contributed by atoms with Crippen LogP contribution in [0.5, 0.6) is 11.5 Å². The normalized spacial score (nSPS) is 10.4. The summed E-state index contributed by atoms with van der Waals surface area (Å²) in [6, 6.07) is 9.46. The Morgan fingerprint density at radius 2 is 2.05 bits per heavy atom. The summed E-state index contributed by atoms with van der Waals surface area (Å²) in [5, 5.41) is 4.19. The molecule has 2 rings (SSSR count). The average molecular weight is 288 g/mol. The number of rotatable bonds is 8. The molecule has 0 amide bonds. The molecule has 2 aromatic rings. The van der Waals surface area contributed by atoms with Gasteiger partial charge in [-0.2, -0.15) is 5.10 Å². The van der Waals surface area contributed by atoms with Gasteiger partial charge in [0.15, 0.2) is 11.5 Å². The highest BCUT2D eigenvalue weighted by Crippen LogP contribution is 2.20. The number of Topliss-reactive ketones (excluding diaryl/α,β-unsaturated/α-hetero) is 1. The number of hydrogen-bond acceptors (Lipinski definition) is 4. The average Bonchev–Trinajstić information content (AvgIpc) is 2.91. The van der Waals surface area contributed by atoms with Crippen LogP contribution in [0, 0.1) is 0 Å². The van der Waals surface area contributed by atoms with Gasteiger partial charge >= 0.3 is 0 Å². The number of ketones is 1. The molecule has 0 N–H and O–H groups in total. The molecule has 1 aromatic heterocycles. The number of aromatic nitrogens is 2. The summed E-state index contributed by atoms with van der Waals surface area (Å²) in [6.45, 7) is 3.08. The van der Waals surface area contributed by atoms with Crippen molar-refractivity contribution >= 4 is 5.78 Å². The van der Waals surface area contributed by atoms with Crippen LogP contribution in [0.25, 0.3) is 0 Å². The first kappa shape index (κ1) is 15.1. The van der Waals surface area contributed by atoms with Crippen molar-refractivity contribution in [3.05, 3.63) is 42.2 Å². The van der Waals surface area contributed by atoms with Gasteiger partial charge in [0.1, 0.15) is 11.4 Å². The van der Waals surface area contributed by atoms with E-state index in [1.165, 1.54) is 0 Å². The van der Waals surface area contributed by atoms with Gasteiger partial charge in [0.25, 0.3) is 0 Å². The van der Waals surface area contributed by atoms with Crippen LogP contribution < -0.4 is 9.47 Å². The molecule has 0 unspecified atom stereocenters. The SMILES string of the molecule is CCCn1ncc(OC)c1C(=O)CCOc1ccccc1. The van der Waals surface area contributed by atoms with Crippen molar-refractivity contribution in [2.75, 3.05) is 13.7 Å². The van der Waals surface area contributed by atoms with E-state index in [9.17, 15) is 4.79 Å². The first-order chi connectivity index (χ1) is 10.3. The number of methoxy groups -OCH3 is 1. The molecule has 0 aliphatic carbocycles. The highest BCUT2D eigenvalue weighted by atomic mass is 16.5. The van der Waals surface area contributed by atoms with Crippen LogP contribution in [0.4, 0.5) is 0 Å². The summed E-state index contributed by atoms with van der Waals surface area (Å²) in [6.07, 6.45) is 2.78. The Morgan fingerprint density at radius 3 is 2.71 bits per heavy atom. The van der Waals surface area contributed by atoms with E-state index in [1.54, 1.807) is 18.0 Å². The number of aryl methyl sites for hydroxylation is 1. The van der Waals surface area contributed by atoms with Crippen LogP contribution in [0.1, 0.15) is 30.3 Å². The van der Waals surface area contributed by atoms with E-state index in [4.69, 9.17) is 9.47 Å². The lowest BCUT2D eigenvalue weighted by molar-refractivity contribution is 0.0948. The van der Waals surface area contributed by atoms with E-state index in [0.29, 0.717) is 31.0 Å². The van der Waals surface area contributed by atoms with Gasteiger partial charge in [-0.25, -0.2) is 0 Å². The third-order valence-electron chi connectivity index (χ3n) is 3.07. The van der Waals surface area contributed by atoms with Crippen LogP contribution in [-0.4, -0.2) is 29.3 Å². The van der Waals surface area contributed by atoms with Gasteiger partial charge < -0.3 is 9.47 Å². The monoisotopic (exact) mass is 288 g/mol. The highest BCUT2D eigenvalue weighted by molar-refractivity contribution is 5.97. The zero-order valence-corrected chi connectivity index (χ0v) is 12.4. The minimum Gasteiger partial charge on any atom is -0.493 e. The van der Waals surface area contributed by atoms with Crippen LogP contribution in [0.3, 0.4) is 0 Å². The second kappa shape index (κ2) is 7.47. The highest BCUT2D eigenvalue weighted by Gasteiger charge is 2.18. The zero-order valence-electron chi connectivity index (χ0n) is 12.4. The minimum atomic E-state index is -0.0197. The molecule has 1 heterocycles. The molecule has 0 aliphatic rings. The van der Waals surface area contributed by atoms with Gasteiger partial charge in [0.05, 0.1) is 19.9 Å². The van der Waals surface area contributed by atoms with E-state index in [1.807, 2.05) is 37.3 Å². The first-order valence-corrected chi connectivity index (χ1v) is 7.07. The molecular weight excluding hydrogens is 268 g/mol. The maximum atomic E-state index is 12.4. The van der Waals surface area contributed by atoms with Crippen molar-refractivity contribution in [3.8, 4) is 11.5 Å². The summed E-state index contributed by atoms with van der Waals surface area (Å²) >= 11 is 0. The molecule has 0 saturated carbocycles. The van der Waals surface area contributed by atoms with E-state index in [0.717, 1.165) is 12.2 Å². The van der Waals surface area contributed by atoms with Crippen LogP contribution in [-0.2, 0) is 6.54 Å². The maximum Gasteiger partial charge on any atom is 0.188 e. The summed E-state index contributed by atoms with van der Waals surface area (Å²) < 4.78 is 12.5. The summed E-state index contributed by atoms with van der Waals surface area (Å²) in [5.74, 6) is 1.27. The Morgan fingerprint density at radius 1 is 1.29 bits per heavy atom. The summed E-state index contributed by atoms with van der Waals surface area (Å²) in [7, 11) is 1.55. The Labute approximate surface area is 124 Å². The van der Waals surface area contributed by atoms with Crippen molar-refractivity contribution in [3.63, 3.8) is 0 Å². The summed E-state index contributed by atoms with van der Waals surface area (Å²) in [4.78, 5) is 12.4. The molecule has 21 heavy (non-hydrogen) atoms. The minimum absolute atomic E-state index is 0.0197. The zero-order chi connectivity index (χ0) is 15.1. The van der Waals surface area contributed by atoms with E-state index >= 15 is 0 Å². The molecule has 5 heteroatoms. The number of carbonyl (C=O) groups is 1. The third-order valence-corrected chi connectivity index (χ3v) is 3.07. The standard InChI is InChI=1S/C16H20N2O3/c1-3-10-18-16(15(20-2)12-17-18)14(19)9-11-21-13-7-5-4-6-8-13/h4-8,12H,3,9-11H2,1-2H3. The number of ether oxygens (including phenoxy) is 2. The van der Waals surface area contributed by atoms with Crippen molar-refractivity contribution in [1.82, 2.24) is 9.78 Å². The number of hydrogen-bond donors (Lipinski definition) is 0. The predicted octanol–water partition coefficient (Wildman–Crippen LogP) is 2.95. The lowest BCUT2D eigenvalue weighted by Gasteiger charge is -2.08. The van der Waals surface area contributed by atoms with Crippen molar-refractivity contribution in [2.24, 2.45) is 0 Å². The van der Waals surface area contributed by atoms with E-state index in [2.05, 4.69) is 5.10 Å². The fraction of sp³-hybridized carbons (Fsp3) is 0.375. The van der Waals surface area contributed by atoms with Crippen LogP contribution in [0.15, 0.2) is 36.5 Å². The van der Waals surface area contributed by atoms with Crippen molar-refractivity contribution in [2.45, 2.75) is 26.3 Å². The molecule has 5 nitrogen and oxygen atoms in total. The Bertz CT molecular complexity index is 578. The number of benzene rings is 1. The number of carbonyl (C=O) groups excluding carboxylic acids is 1. The number of nitrogens with zero attached hydrogens (tertiary/aromatic N) is 2. The van der Waals surface area contributed by atoms with Crippen molar-refractivity contribution < 1.29 is 14.3 Å². The fourth-order valence-corrected chi connectivity index (χ4v) is 2.08. The van der Waals surface area contributed by atoms with Crippen LogP contribution >= 0.6 is 0 Å². The molecule has 1 aromatic carbocycles. The Hall–Kier alpha value is -2.30. The van der Waals surface area contributed by atoms with E-state index < -0.39 is 0 Å². The molecule has 0 aliphatic heterocycles. The van der Waals surface area contributed by atoms with Gasteiger partial charge in [-0.15, -0.1) is 0 Å². The first-order valence-electron chi connectivity index (χ1n) is 7.07. The smallest absolute Gasteiger partial charge is 0.188 e. The fourth-order valence-electron chi connectivity index (χ4n) is 2.08. The third kappa shape index (κ3) is 3.84. The van der Waals surface area contributed by atoms with Gasteiger partial charge in [-0.05, 0) is 18.6 Å². The molecular formula is C16H20N2O3. The predicted molar refractivity (Wildman–Crippen MR) is 80.0 cm³/mol. The quantitative estimate of drug-likeness (QED) is 0.701. The molecule has 0 bridgehead atoms. The van der Waals surface area contributed by atoms with Crippen molar-refractivity contribution in [1.29, 1.82) is 0 Å². The second-order valence-corrected chi connectivity index (χ2v) is 4.62. The topological polar surface area (TPSA) is 53.4 Å². The number of para-hydroxylation sites is 1. The molecule has 112 valence electrons. The molecule has 0 saturated heterocycles. The Kier molecular flexibility index (Phi) is 5.37.